The van der Waals surface area contributed by atoms with Gasteiger partial charge >= 0.3 is 6.03 Å². The minimum atomic E-state index is -1.20. The van der Waals surface area contributed by atoms with Gasteiger partial charge in [0.25, 0.3) is 5.91 Å². The molecule has 0 spiro atoms. The smallest absolute Gasteiger partial charge is 0.325 e. The van der Waals surface area contributed by atoms with Crippen LogP contribution in [0.3, 0.4) is 0 Å². The molecule has 31 heavy (non-hydrogen) atoms. The normalized spacial score (nSPS) is 21.3. The van der Waals surface area contributed by atoms with E-state index in [2.05, 4.69) is 10.3 Å². The van der Waals surface area contributed by atoms with E-state index in [0.29, 0.717) is 43.5 Å². The Hall–Kier alpha value is -3.87. The summed E-state index contributed by atoms with van der Waals surface area (Å²) in [6.45, 7) is 4.65. The van der Waals surface area contributed by atoms with Crippen LogP contribution in [0.1, 0.15) is 24.1 Å². The minimum Gasteiger partial charge on any atom is -0.424 e. The number of nitrogens with zero attached hydrogens (tertiary/aromatic N) is 5. The second-order valence-electron chi connectivity index (χ2n) is 7.68. The molecule has 1 unspecified atom stereocenters. The van der Waals surface area contributed by atoms with Crippen molar-refractivity contribution >= 4 is 23.7 Å². The van der Waals surface area contributed by atoms with Gasteiger partial charge in [0, 0.05) is 33.1 Å². The molecule has 1 aromatic heterocycles. The summed E-state index contributed by atoms with van der Waals surface area (Å²) in [6, 6.07) is 10.4. The molecule has 0 saturated carbocycles. The molecule has 1 N–H and O–H groups in total. The molecule has 4 amide bonds. The fourth-order valence-corrected chi connectivity index (χ4v) is 3.91. The van der Waals surface area contributed by atoms with Gasteiger partial charge < -0.3 is 19.5 Å². The van der Waals surface area contributed by atoms with Crippen molar-refractivity contribution in [2.24, 2.45) is 0 Å². The average Bonchev–Trinajstić information content (AvgIpc) is 3.27. The SMILES string of the molecule is Cc1nc(C#N)c(N2CCN(C(=O)CN3C(=O)NC(C)(c4ccccc4)C3=O)CC2)o1. The summed E-state index contributed by atoms with van der Waals surface area (Å²) < 4.78 is 5.52. The Morgan fingerprint density at radius 2 is 1.90 bits per heavy atom. The Labute approximate surface area is 179 Å². The number of nitrogens with one attached hydrogen (secondary N) is 1. The van der Waals surface area contributed by atoms with Crippen molar-refractivity contribution in [3.63, 3.8) is 0 Å². The topological polar surface area (TPSA) is 123 Å². The van der Waals surface area contributed by atoms with Gasteiger partial charge in [-0.1, -0.05) is 30.3 Å². The highest BCUT2D eigenvalue weighted by Crippen LogP contribution is 2.29. The Morgan fingerprint density at radius 3 is 2.55 bits per heavy atom. The molecule has 2 aliphatic rings. The van der Waals surface area contributed by atoms with Crippen LogP contribution in [0.15, 0.2) is 34.7 Å². The highest BCUT2D eigenvalue weighted by Gasteiger charge is 2.49. The van der Waals surface area contributed by atoms with Crippen LogP contribution in [0.5, 0.6) is 0 Å². The predicted molar refractivity (Wildman–Crippen MR) is 109 cm³/mol. The highest BCUT2D eigenvalue weighted by atomic mass is 16.4. The molecule has 1 atom stereocenters. The Morgan fingerprint density at radius 1 is 1.23 bits per heavy atom. The van der Waals surface area contributed by atoms with Crippen molar-refractivity contribution in [2.75, 3.05) is 37.6 Å². The number of rotatable bonds is 4. The maximum absolute atomic E-state index is 13.0. The standard InChI is InChI=1S/C21H22N6O4/c1-14-23-16(12-22)18(31-14)26-10-8-25(9-11-26)17(28)13-27-19(29)21(2,24-20(27)30)15-6-4-3-5-7-15/h3-7H,8-11,13H2,1-2H3,(H,24,30). The first kappa shape index (κ1) is 20.4. The van der Waals surface area contributed by atoms with Gasteiger partial charge in [-0.05, 0) is 12.5 Å². The third-order valence-corrected chi connectivity index (χ3v) is 5.66. The summed E-state index contributed by atoms with van der Waals surface area (Å²) >= 11 is 0. The summed E-state index contributed by atoms with van der Waals surface area (Å²) in [5.41, 5.74) is -0.320. The quantitative estimate of drug-likeness (QED) is 0.729. The maximum Gasteiger partial charge on any atom is 0.325 e. The van der Waals surface area contributed by atoms with Gasteiger partial charge in [0.05, 0.1) is 0 Å². The number of hydrogen-bond acceptors (Lipinski definition) is 7. The average molecular weight is 422 g/mol. The Balaban J connectivity index is 1.40. The number of oxazole rings is 1. The lowest BCUT2D eigenvalue weighted by Gasteiger charge is -2.35. The number of piperazine rings is 1. The highest BCUT2D eigenvalue weighted by molar-refractivity contribution is 6.09. The van der Waals surface area contributed by atoms with E-state index in [1.807, 2.05) is 17.0 Å². The summed E-state index contributed by atoms with van der Waals surface area (Å²) in [7, 11) is 0. The monoisotopic (exact) mass is 422 g/mol. The zero-order chi connectivity index (χ0) is 22.2. The minimum absolute atomic E-state index is 0.219. The molecule has 2 fully saturated rings. The fraction of sp³-hybridized carbons (Fsp3) is 0.381. The lowest BCUT2D eigenvalue weighted by Crippen LogP contribution is -2.52. The van der Waals surface area contributed by atoms with E-state index in [1.54, 1.807) is 43.0 Å². The number of aryl methyl sites for hydroxylation is 1. The number of benzene rings is 1. The molecule has 0 bridgehead atoms. The predicted octanol–water partition coefficient (Wildman–Crippen LogP) is 0.970. The van der Waals surface area contributed by atoms with Crippen LogP contribution >= 0.6 is 0 Å². The number of nitriles is 1. The number of aromatic nitrogens is 1. The number of urea groups is 1. The maximum atomic E-state index is 13.0. The van der Waals surface area contributed by atoms with E-state index in [0.717, 1.165) is 4.90 Å². The first-order valence-corrected chi connectivity index (χ1v) is 9.93. The van der Waals surface area contributed by atoms with E-state index in [1.165, 1.54) is 0 Å². The molecular formula is C21H22N6O4. The number of carbonyl (C=O) groups excluding carboxylic acids is 3. The summed E-state index contributed by atoms with van der Waals surface area (Å²) in [5.74, 6) is 0.0473. The van der Waals surface area contributed by atoms with Crippen molar-refractivity contribution in [2.45, 2.75) is 19.4 Å². The van der Waals surface area contributed by atoms with Crippen LogP contribution in [0.4, 0.5) is 10.7 Å². The van der Waals surface area contributed by atoms with Crippen LogP contribution in [-0.2, 0) is 15.1 Å². The van der Waals surface area contributed by atoms with Crippen LogP contribution < -0.4 is 10.2 Å². The van der Waals surface area contributed by atoms with Gasteiger partial charge in [0.15, 0.2) is 5.89 Å². The summed E-state index contributed by atoms with van der Waals surface area (Å²) in [4.78, 5) is 46.7. The van der Waals surface area contributed by atoms with Gasteiger partial charge in [-0.25, -0.2) is 9.78 Å². The molecule has 2 aliphatic heterocycles. The fourth-order valence-electron chi connectivity index (χ4n) is 3.91. The number of hydrogen-bond donors (Lipinski definition) is 1. The molecule has 160 valence electrons. The van der Waals surface area contributed by atoms with Gasteiger partial charge in [-0.3, -0.25) is 14.5 Å². The first-order chi connectivity index (χ1) is 14.8. The molecule has 2 saturated heterocycles. The van der Waals surface area contributed by atoms with Gasteiger partial charge in [0.2, 0.25) is 17.5 Å². The molecule has 4 rings (SSSR count). The molecule has 1 aromatic carbocycles. The molecule has 2 aromatic rings. The third kappa shape index (κ3) is 3.59. The molecule has 10 heteroatoms. The largest absolute Gasteiger partial charge is 0.424 e. The molecule has 3 heterocycles. The first-order valence-electron chi connectivity index (χ1n) is 9.93. The molecule has 0 aliphatic carbocycles. The number of carbonyl (C=O) groups is 3. The van der Waals surface area contributed by atoms with E-state index in [4.69, 9.17) is 4.42 Å². The Bertz CT molecular complexity index is 1070. The summed E-state index contributed by atoms with van der Waals surface area (Å²) in [5, 5.41) is 11.9. The van der Waals surface area contributed by atoms with Crippen LogP contribution in [-0.4, -0.2) is 65.4 Å². The van der Waals surface area contributed by atoms with Crippen LogP contribution in [0, 0.1) is 18.3 Å². The van der Waals surface area contributed by atoms with E-state index < -0.39 is 17.5 Å². The van der Waals surface area contributed by atoms with E-state index >= 15 is 0 Å². The lowest BCUT2D eigenvalue weighted by atomic mass is 9.92. The van der Waals surface area contributed by atoms with Crippen molar-refractivity contribution < 1.29 is 18.8 Å². The van der Waals surface area contributed by atoms with Gasteiger partial charge in [0.1, 0.15) is 18.2 Å². The van der Waals surface area contributed by atoms with Crippen molar-refractivity contribution in [1.29, 1.82) is 5.26 Å². The van der Waals surface area contributed by atoms with E-state index in [9.17, 15) is 19.6 Å². The third-order valence-electron chi connectivity index (χ3n) is 5.66. The number of imide groups is 1. The van der Waals surface area contributed by atoms with Crippen molar-refractivity contribution in [1.82, 2.24) is 20.1 Å². The van der Waals surface area contributed by atoms with Crippen molar-refractivity contribution in [3.8, 4) is 6.07 Å². The zero-order valence-corrected chi connectivity index (χ0v) is 17.3. The van der Waals surface area contributed by atoms with E-state index in [-0.39, 0.29) is 18.1 Å². The van der Waals surface area contributed by atoms with Gasteiger partial charge in [-0.15, -0.1) is 0 Å². The number of amides is 4. The van der Waals surface area contributed by atoms with Crippen LogP contribution in [0.2, 0.25) is 0 Å². The molecule has 10 nitrogen and oxygen atoms in total. The van der Waals surface area contributed by atoms with Crippen molar-refractivity contribution in [3.05, 3.63) is 47.5 Å². The molecule has 0 radical (unpaired) electrons. The zero-order valence-electron chi connectivity index (χ0n) is 17.3. The molecular weight excluding hydrogens is 400 g/mol. The van der Waals surface area contributed by atoms with Crippen LogP contribution in [0.25, 0.3) is 0 Å². The lowest BCUT2D eigenvalue weighted by molar-refractivity contribution is -0.139. The summed E-state index contributed by atoms with van der Waals surface area (Å²) in [6.07, 6.45) is 0. The second-order valence-corrected chi connectivity index (χ2v) is 7.68. The number of anilines is 1. The second kappa shape index (κ2) is 7.75. The Kier molecular flexibility index (Phi) is 5.10. The van der Waals surface area contributed by atoms with Gasteiger partial charge in [-0.2, -0.15) is 5.26 Å².